The van der Waals surface area contributed by atoms with Gasteiger partial charge < -0.3 is 29.2 Å². The number of rotatable bonds is 7. The second-order valence-corrected chi connectivity index (χ2v) is 5.19. The summed E-state index contributed by atoms with van der Waals surface area (Å²) < 4.78 is 20.8. The fourth-order valence-electron chi connectivity index (χ4n) is 2.40. The third-order valence-corrected chi connectivity index (χ3v) is 3.70. The highest BCUT2D eigenvalue weighted by atomic mass is 16.5. The zero-order valence-corrected chi connectivity index (χ0v) is 14.6. The summed E-state index contributed by atoms with van der Waals surface area (Å²) in [6.45, 7) is 0. The fraction of sp³-hybridized carbons (Fsp3) is 0.263. The van der Waals surface area contributed by atoms with Crippen molar-refractivity contribution < 1.29 is 29.2 Å². The number of methoxy groups -OCH3 is 4. The highest BCUT2D eigenvalue weighted by molar-refractivity contribution is 5.58. The minimum atomic E-state index is -0.891. The summed E-state index contributed by atoms with van der Waals surface area (Å²) in [5.41, 5.74) is 1.31. The second-order valence-electron chi connectivity index (χ2n) is 5.19. The Kier molecular flexibility index (Phi) is 6.14. The normalized spacial score (nSPS) is 12.0. The van der Waals surface area contributed by atoms with Crippen molar-refractivity contribution in [3.05, 3.63) is 47.5 Å². The Hall–Kier alpha value is -2.86. The van der Waals surface area contributed by atoms with Gasteiger partial charge in [-0.15, -0.1) is 0 Å². The minimum absolute atomic E-state index is 0.0342. The fourth-order valence-corrected chi connectivity index (χ4v) is 2.40. The maximum absolute atomic E-state index is 10.4. The van der Waals surface area contributed by atoms with E-state index in [0.717, 1.165) is 5.56 Å². The predicted octanol–water partition coefficient (Wildman–Crippen LogP) is 3.17. The van der Waals surface area contributed by atoms with Gasteiger partial charge in [-0.2, -0.15) is 0 Å². The zero-order chi connectivity index (χ0) is 18.4. The van der Waals surface area contributed by atoms with Crippen LogP contribution in [0.15, 0.2) is 36.4 Å². The first-order valence-corrected chi connectivity index (χ1v) is 7.57. The van der Waals surface area contributed by atoms with Gasteiger partial charge in [0, 0.05) is 0 Å². The molecule has 2 N–H and O–H groups in total. The highest BCUT2D eigenvalue weighted by Crippen LogP contribution is 2.40. The topological polar surface area (TPSA) is 77.4 Å². The van der Waals surface area contributed by atoms with Gasteiger partial charge in [0.2, 0.25) is 5.75 Å². The SMILES string of the molecule is COc1ccc(/C=C/C(O)c2cc(OC)c(OC)c(OC)c2)cc1O. The number of hydrogen-bond donors (Lipinski definition) is 2. The first-order chi connectivity index (χ1) is 12.0. The van der Waals surface area contributed by atoms with E-state index in [2.05, 4.69) is 0 Å². The number of ether oxygens (including phenoxy) is 4. The van der Waals surface area contributed by atoms with E-state index in [0.29, 0.717) is 28.6 Å². The van der Waals surface area contributed by atoms with Gasteiger partial charge in [-0.3, -0.25) is 0 Å². The quantitative estimate of drug-likeness (QED) is 0.802. The Labute approximate surface area is 146 Å². The third-order valence-electron chi connectivity index (χ3n) is 3.70. The smallest absolute Gasteiger partial charge is 0.203 e. The lowest BCUT2D eigenvalue weighted by atomic mass is 10.1. The van der Waals surface area contributed by atoms with Gasteiger partial charge in [-0.1, -0.05) is 18.2 Å². The molecule has 0 bridgehead atoms. The van der Waals surface area contributed by atoms with Crippen LogP contribution >= 0.6 is 0 Å². The molecular weight excluding hydrogens is 324 g/mol. The Morgan fingerprint density at radius 1 is 0.840 bits per heavy atom. The summed E-state index contributed by atoms with van der Waals surface area (Å²) in [5.74, 6) is 1.82. The molecule has 2 aromatic carbocycles. The van der Waals surface area contributed by atoms with Crippen LogP contribution in [0.2, 0.25) is 0 Å². The summed E-state index contributed by atoms with van der Waals surface area (Å²) in [5, 5.41) is 20.2. The molecule has 1 unspecified atom stereocenters. The molecule has 25 heavy (non-hydrogen) atoms. The van der Waals surface area contributed by atoms with Crippen molar-refractivity contribution >= 4 is 6.08 Å². The molecule has 0 fully saturated rings. The number of hydrogen-bond acceptors (Lipinski definition) is 6. The van der Waals surface area contributed by atoms with E-state index in [1.54, 1.807) is 42.5 Å². The van der Waals surface area contributed by atoms with Crippen LogP contribution in [-0.2, 0) is 0 Å². The van der Waals surface area contributed by atoms with Crippen molar-refractivity contribution in [3.63, 3.8) is 0 Å². The Bertz CT molecular complexity index is 729. The van der Waals surface area contributed by atoms with Crippen molar-refractivity contribution in [3.8, 4) is 28.7 Å². The van der Waals surface area contributed by atoms with Crippen LogP contribution in [0.3, 0.4) is 0 Å². The predicted molar refractivity (Wildman–Crippen MR) is 94.8 cm³/mol. The molecule has 2 rings (SSSR count). The van der Waals surface area contributed by atoms with Gasteiger partial charge in [-0.05, 0) is 35.4 Å². The molecule has 0 saturated carbocycles. The number of aliphatic hydroxyl groups excluding tert-OH is 1. The number of phenolic OH excluding ortho intramolecular Hbond substituents is 1. The van der Waals surface area contributed by atoms with Gasteiger partial charge >= 0.3 is 0 Å². The maximum atomic E-state index is 10.4. The molecule has 6 nitrogen and oxygen atoms in total. The van der Waals surface area contributed by atoms with E-state index in [1.807, 2.05) is 0 Å². The first-order valence-electron chi connectivity index (χ1n) is 7.57. The number of aliphatic hydroxyl groups is 1. The minimum Gasteiger partial charge on any atom is -0.504 e. The Balaban J connectivity index is 2.28. The van der Waals surface area contributed by atoms with Crippen molar-refractivity contribution in [2.45, 2.75) is 6.10 Å². The van der Waals surface area contributed by atoms with E-state index in [9.17, 15) is 10.2 Å². The Morgan fingerprint density at radius 3 is 1.92 bits per heavy atom. The lowest BCUT2D eigenvalue weighted by molar-refractivity contribution is 0.227. The van der Waals surface area contributed by atoms with Gasteiger partial charge in [0.25, 0.3) is 0 Å². The van der Waals surface area contributed by atoms with Crippen LogP contribution in [0, 0.1) is 0 Å². The van der Waals surface area contributed by atoms with Crippen molar-refractivity contribution in [2.24, 2.45) is 0 Å². The molecule has 0 aliphatic rings. The second kappa shape index (κ2) is 8.30. The average Bonchev–Trinajstić information content (AvgIpc) is 2.64. The van der Waals surface area contributed by atoms with E-state index in [1.165, 1.54) is 28.4 Å². The van der Waals surface area contributed by atoms with E-state index in [4.69, 9.17) is 18.9 Å². The monoisotopic (exact) mass is 346 g/mol. The van der Waals surface area contributed by atoms with Crippen LogP contribution in [0.4, 0.5) is 0 Å². The molecule has 6 heteroatoms. The summed E-state index contributed by atoms with van der Waals surface area (Å²) in [4.78, 5) is 0. The molecule has 0 aliphatic heterocycles. The summed E-state index contributed by atoms with van der Waals surface area (Å²) >= 11 is 0. The number of phenols is 1. The van der Waals surface area contributed by atoms with Gasteiger partial charge in [-0.25, -0.2) is 0 Å². The molecule has 0 aromatic heterocycles. The average molecular weight is 346 g/mol. The van der Waals surface area contributed by atoms with E-state index in [-0.39, 0.29) is 5.75 Å². The first kappa shape index (κ1) is 18.5. The van der Waals surface area contributed by atoms with E-state index < -0.39 is 6.10 Å². The molecule has 0 heterocycles. The highest BCUT2D eigenvalue weighted by Gasteiger charge is 2.16. The number of aromatic hydroxyl groups is 1. The summed E-state index contributed by atoms with van der Waals surface area (Å²) in [7, 11) is 6.04. The van der Waals surface area contributed by atoms with Crippen LogP contribution in [0.1, 0.15) is 17.2 Å². The maximum Gasteiger partial charge on any atom is 0.203 e. The van der Waals surface area contributed by atoms with E-state index >= 15 is 0 Å². The summed E-state index contributed by atoms with van der Waals surface area (Å²) in [6, 6.07) is 8.35. The van der Waals surface area contributed by atoms with Crippen LogP contribution in [0.25, 0.3) is 6.08 Å². The number of benzene rings is 2. The van der Waals surface area contributed by atoms with Crippen molar-refractivity contribution in [1.82, 2.24) is 0 Å². The molecule has 1 atom stereocenters. The standard InChI is InChI=1S/C19H22O6/c1-22-16-8-6-12(9-15(16)21)5-7-14(20)13-10-17(23-2)19(25-4)18(11-13)24-3/h5-11,14,20-21H,1-4H3/b7-5+. The van der Waals surface area contributed by atoms with Gasteiger partial charge in [0.05, 0.1) is 34.5 Å². The Morgan fingerprint density at radius 2 is 1.44 bits per heavy atom. The molecule has 0 amide bonds. The van der Waals surface area contributed by atoms with Crippen LogP contribution < -0.4 is 18.9 Å². The lowest BCUT2D eigenvalue weighted by Gasteiger charge is -2.15. The van der Waals surface area contributed by atoms with Crippen LogP contribution in [0.5, 0.6) is 28.7 Å². The lowest BCUT2D eigenvalue weighted by Crippen LogP contribution is -1.99. The van der Waals surface area contributed by atoms with Crippen LogP contribution in [-0.4, -0.2) is 38.7 Å². The molecule has 0 saturated heterocycles. The largest absolute Gasteiger partial charge is 0.504 e. The molecule has 0 spiro atoms. The van der Waals surface area contributed by atoms with Gasteiger partial charge in [0.15, 0.2) is 23.0 Å². The van der Waals surface area contributed by atoms with Crippen molar-refractivity contribution in [2.75, 3.05) is 28.4 Å². The molecule has 2 aromatic rings. The molecule has 134 valence electrons. The molecule has 0 aliphatic carbocycles. The zero-order valence-electron chi connectivity index (χ0n) is 14.6. The third kappa shape index (κ3) is 4.16. The molecular formula is C19H22O6. The van der Waals surface area contributed by atoms with Crippen molar-refractivity contribution in [1.29, 1.82) is 0 Å². The van der Waals surface area contributed by atoms with Gasteiger partial charge in [0.1, 0.15) is 0 Å². The summed E-state index contributed by atoms with van der Waals surface area (Å²) in [6.07, 6.45) is 2.41. The molecule has 0 radical (unpaired) electrons.